The zero-order valence-corrected chi connectivity index (χ0v) is 11.7. The summed E-state index contributed by atoms with van der Waals surface area (Å²) in [5.41, 5.74) is 0.492. The van der Waals surface area contributed by atoms with Crippen LogP contribution in [0.2, 0.25) is 0 Å². The highest BCUT2D eigenvalue weighted by atomic mass is 79.9. The van der Waals surface area contributed by atoms with Crippen LogP contribution in [0.15, 0.2) is 22.7 Å². The van der Waals surface area contributed by atoms with Crippen molar-refractivity contribution in [2.24, 2.45) is 0 Å². The summed E-state index contributed by atoms with van der Waals surface area (Å²) in [6.07, 6.45) is -0.457. The standard InChI is InChI=1S/C12H16BrNO3/c1-12(2,3)14-11(16)17-7-8-4-5-10(15)9(13)6-8/h4-6,15H,7H2,1-3H3,(H,14,16). The molecule has 0 aliphatic rings. The molecule has 0 aromatic heterocycles. The number of carbonyl (C=O) groups is 1. The number of halogens is 1. The lowest BCUT2D eigenvalue weighted by Gasteiger charge is -2.19. The van der Waals surface area contributed by atoms with Crippen LogP contribution < -0.4 is 5.32 Å². The molecule has 4 nitrogen and oxygen atoms in total. The van der Waals surface area contributed by atoms with Gasteiger partial charge in [-0.25, -0.2) is 4.79 Å². The van der Waals surface area contributed by atoms with Gasteiger partial charge in [0.2, 0.25) is 0 Å². The van der Waals surface area contributed by atoms with Gasteiger partial charge < -0.3 is 15.2 Å². The van der Waals surface area contributed by atoms with E-state index < -0.39 is 6.09 Å². The van der Waals surface area contributed by atoms with Crippen molar-refractivity contribution in [3.63, 3.8) is 0 Å². The van der Waals surface area contributed by atoms with Gasteiger partial charge in [0.15, 0.2) is 0 Å². The van der Waals surface area contributed by atoms with Crippen LogP contribution in [0.3, 0.4) is 0 Å². The lowest BCUT2D eigenvalue weighted by Crippen LogP contribution is -2.40. The van der Waals surface area contributed by atoms with Crippen molar-refractivity contribution < 1.29 is 14.6 Å². The highest BCUT2D eigenvalue weighted by molar-refractivity contribution is 9.10. The molecule has 1 aromatic rings. The number of ether oxygens (including phenoxy) is 1. The first kappa shape index (κ1) is 13.8. The summed E-state index contributed by atoms with van der Waals surface area (Å²) in [6, 6.07) is 4.95. The van der Waals surface area contributed by atoms with Crippen molar-refractivity contribution in [1.82, 2.24) is 5.32 Å². The van der Waals surface area contributed by atoms with Crippen molar-refractivity contribution in [3.05, 3.63) is 28.2 Å². The number of carbonyl (C=O) groups excluding carboxylic acids is 1. The summed E-state index contributed by atoms with van der Waals surface area (Å²) >= 11 is 3.20. The maximum absolute atomic E-state index is 11.4. The molecule has 0 saturated heterocycles. The number of hydrogen-bond donors (Lipinski definition) is 2. The van der Waals surface area contributed by atoms with Gasteiger partial charge in [-0.2, -0.15) is 0 Å². The van der Waals surface area contributed by atoms with E-state index in [0.717, 1.165) is 5.56 Å². The molecule has 0 heterocycles. The van der Waals surface area contributed by atoms with Crippen molar-refractivity contribution in [1.29, 1.82) is 0 Å². The first-order valence-electron chi connectivity index (χ1n) is 5.20. The van der Waals surface area contributed by atoms with Crippen molar-refractivity contribution >= 4 is 22.0 Å². The topological polar surface area (TPSA) is 58.6 Å². The number of amides is 1. The lowest BCUT2D eigenvalue weighted by molar-refractivity contribution is 0.131. The monoisotopic (exact) mass is 301 g/mol. The van der Waals surface area contributed by atoms with E-state index in [-0.39, 0.29) is 17.9 Å². The Morgan fingerprint density at radius 2 is 2.12 bits per heavy atom. The Morgan fingerprint density at radius 3 is 2.65 bits per heavy atom. The molecule has 0 unspecified atom stereocenters. The molecule has 0 spiro atoms. The molecule has 1 amide bonds. The number of hydrogen-bond acceptors (Lipinski definition) is 3. The number of aromatic hydroxyl groups is 1. The van der Waals surface area contributed by atoms with Crippen LogP contribution in [-0.2, 0) is 11.3 Å². The molecule has 0 atom stereocenters. The third-order valence-electron chi connectivity index (χ3n) is 1.86. The molecular formula is C12H16BrNO3. The highest BCUT2D eigenvalue weighted by Gasteiger charge is 2.14. The Labute approximate surface area is 109 Å². The Morgan fingerprint density at radius 1 is 1.47 bits per heavy atom. The Balaban J connectivity index is 2.50. The molecule has 5 heteroatoms. The van der Waals surface area contributed by atoms with Gasteiger partial charge in [0.25, 0.3) is 0 Å². The molecule has 17 heavy (non-hydrogen) atoms. The Hall–Kier alpha value is -1.23. The number of phenols is 1. The molecule has 0 bridgehead atoms. The third-order valence-corrected chi connectivity index (χ3v) is 2.49. The molecule has 0 radical (unpaired) electrons. The van der Waals surface area contributed by atoms with Gasteiger partial charge in [-0.05, 0) is 54.4 Å². The fourth-order valence-electron chi connectivity index (χ4n) is 1.13. The van der Waals surface area contributed by atoms with Gasteiger partial charge in [0.05, 0.1) is 4.47 Å². The molecule has 1 rings (SSSR count). The molecule has 1 aromatic carbocycles. The second-order valence-corrected chi connectivity index (χ2v) is 5.59. The van der Waals surface area contributed by atoms with Gasteiger partial charge in [-0.3, -0.25) is 0 Å². The zero-order valence-electron chi connectivity index (χ0n) is 10.1. The van der Waals surface area contributed by atoms with E-state index in [2.05, 4.69) is 21.2 Å². The third kappa shape index (κ3) is 5.08. The number of alkyl carbamates (subject to hydrolysis) is 1. The smallest absolute Gasteiger partial charge is 0.407 e. The van der Waals surface area contributed by atoms with Crippen LogP contribution in [0.1, 0.15) is 26.3 Å². The maximum Gasteiger partial charge on any atom is 0.407 e. The van der Waals surface area contributed by atoms with Crippen LogP contribution in [0.4, 0.5) is 4.79 Å². The highest BCUT2D eigenvalue weighted by Crippen LogP contribution is 2.24. The minimum Gasteiger partial charge on any atom is -0.507 e. The molecule has 0 aliphatic heterocycles. The molecule has 0 fully saturated rings. The summed E-state index contributed by atoms with van der Waals surface area (Å²) < 4.78 is 5.63. The number of benzene rings is 1. The van der Waals surface area contributed by atoms with Gasteiger partial charge in [0, 0.05) is 5.54 Å². The largest absolute Gasteiger partial charge is 0.507 e. The minimum atomic E-state index is -0.457. The zero-order chi connectivity index (χ0) is 13.1. The lowest BCUT2D eigenvalue weighted by atomic mass is 10.1. The molecule has 0 aliphatic carbocycles. The van der Waals surface area contributed by atoms with Crippen LogP contribution in [-0.4, -0.2) is 16.7 Å². The van der Waals surface area contributed by atoms with Crippen LogP contribution >= 0.6 is 15.9 Å². The maximum atomic E-state index is 11.4. The normalized spacial score (nSPS) is 11.1. The van der Waals surface area contributed by atoms with E-state index >= 15 is 0 Å². The van der Waals surface area contributed by atoms with E-state index in [1.165, 1.54) is 0 Å². The summed E-state index contributed by atoms with van der Waals surface area (Å²) in [5.74, 6) is 0.160. The van der Waals surface area contributed by atoms with Crippen molar-refractivity contribution in [2.45, 2.75) is 32.9 Å². The summed E-state index contributed by atoms with van der Waals surface area (Å²) in [4.78, 5) is 11.4. The molecular weight excluding hydrogens is 286 g/mol. The first-order chi connectivity index (χ1) is 7.78. The van der Waals surface area contributed by atoms with Crippen molar-refractivity contribution in [2.75, 3.05) is 0 Å². The molecule has 0 saturated carbocycles. The van der Waals surface area contributed by atoms with E-state index in [0.29, 0.717) is 4.47 Å². The fourth-order valence-corrected chi connectivity index (χ4v) is 1.56. The predicted molar refractivity (Wildman–Crippen MR) is 68.9 cm³/mol. The van der Waals surface area contributed by atoms with Gasteiger partial charge in [-0.15, -0.1) is 0 Å². The van der Waals surface area contributed by atoms with E-state index in [1.54, 1.807) is 18.2 Å². The van der Waals surface area contributed by atoms with Crippen LogP contribution in [0.25, 0.3) is 0 Å². The average molecular weight is 302 g/mol. The molecule has 94 valence electrons. The minimum absolute atomic E-state index is 0.160. The van der Waals surface area contributed by atoms with E-state index in [4.69, 9.17) is 4.74 Å². The first-order valence-corrected chi connectivity index (χ1v) is 5.99. The second-order valence-electron chi connectivity index (χ2n) is 4.74. The van der Waals surface area contributed by atoms with Crippen molar-refractivity contribution in [3.8, 4) is 5.75 Å². The van der Waals surface area contributed by atoms with E-state index in [9.17, 15) is 9.90 Å². The second kappa shape index (κ2) is 5.40. The summed E-state index contributed by atoms with van der Waals surface area (Å²) in [6.45, 7) is 5.81. The van der Waals surface area contributed by atoms with Gasteiger partial charge >= 0.3 is 6.09 Å². The van der Waals surface area contributed by atoms with Gasteiger partial charge in [0.1, 0.15) is 12.4 Å². The number of phenolic OH excluding ortho intramolecular Hbond substituents is 1. The fraction of sp³-hybridized carbons (Fsp3) is 0.417. The summed E-state index contributed by atoms with van der Waals surface area (Å²) in [5, 5.41) is 12.0. The SMILES string of the molecule is CC(C)(C)NC(=O)OCc1ccc(O)c(Br)c1. The predicted octanol–water partition coefficient (Wildman–Crippen LogP) is 3.18. The number of rotatable bonds is 2. The Bertz CT molecular complexity index is 413. The molecule has 2 N–H and O–H groups in total. The quantitative estimate of drug-likeness (QED) is 0.882. The number of nitrogens with one attached hydrogen (secondary N) is 1. The Kier molecular flexibility index (Phi) is 4.40. The van der Waals surface area contributed by atoms with Crippen LogP contribution in [0.5, 0.6) is 5.75 Å². The summed E-state index contributed by atoms with van der Waals surface area (Å²) in [7, 11) is 0. The van der Waals surface area contributed by atoms with E-state index in [1.807, 2.05) is 20.8 Å². The van der Waals surface area contributed by atoms with Crippen LogP contribution in [0, 0.1) is 0 Å². The average Bonchev–Trinajstić information content (AvgIpc) is 2.17. The van der Waals surface area contributed by atoms with Gasteiger partial charge in [-0.1, -0.05) is 6.07 Å².